The predicted octanol–water partition coefficient (Wildman–Crippen LogP) is 4.53. The predicted molar refractivity (Wildman–Crippen MR) is 145 cm³/mol. The maximum absolute atomic E-state index is 13.2. The van der Waals surface area contributed by atoms with Gasteiger partial charge in [0, 0.05) is 17.7 Å². The highest BCUT2D eigenvalue weighted by Crippen LogP contribution is 2.31. The normalized spacial score (nSPS) is 11.6. The smallest absolute Gasteiger partial charge is 0.277 e. The van der Waals surface area contributed by atoms with E-state index < -0.39 is 10.0 Å². The largest absolute Gasteiger partial charge is 0.493 e. The number of unbranched alkanes of at least 4 members (excludes halogenated alkanes) is 2. The summed E-state index contributed by atoms with van der Waals surface area (Å²) >= 11 is 0. The molecule has 0 spiro atoms. The highest BCUT2D eigenvalue weighted by atomic mass is 32.2. The second kappa shape index (κ2) is 11.2. The van der Waals surface area contributed by atoms with Gasteiger partial charge in [-0.05, 0) is 69.7 Å². The molecule has 4 aromatic rings. The highest BCUT2D eigenvalue weighted by Gasteiger charge is 2.21. The zero-order valence-corrected chi connectivity index (χ0v) is 22.7. The fourth-order valence-electron chi connectivity index (χ4n) is 4.18. The van der Waals surface area contributed by atoms with Gasteiger partial charge in [-0.2, -0.15) is 0 Å². The molecule has 38 heavy (non-hydrogen) atoms. The molecule has 0 amide bonds. The molecule has 0 unspecified atom stereocenters. The molecule has 0 atom stereocenters. The Labute approximate surface area is 221 Å². The maximum atomic E-state index is 13.2. The molecule has 0 saturated heterocycles. The number of ketones is 1. The number of imidazole rings is 1. The number of nitrogens with zero attached hydrogens (tertiary/aromatic N) is 3. The lowest BCUT2D eigenvalue weighted by molar-refractivity contribution is 0.101. The number of sulfonamides is 1. The van der Waals surface area contributed by atoms with Crippen molar-refractivity contribution in [3.63, 3.8) is 0 Å². The van der Waals surface area contributed by atoms with E-state index in [1.165, 1.54) is 37.3 Å². The Hall–Kier alpha value is -3.99. The summed E-state index contributed by atoms with van der Waals surface area (Å²) in [7, 11) is -4.01. The molecule has 200 valence electrons. The fraction of sp³-hybridized carbons (Fsp3) is 0.333. The van der Waals surface area contributed by atoms with Crippen molar-refractivity contribution in [1.29, 1.82) is 0 Å². The van der Waals surface area contributed by atoms with Crippen LogP contribution in [-0.4, -0.2) is 40.4 Å². The van der Waals surface area contributed by atoms with Gasteiger partial charge in [0.05, 0.1) is 22.8 Å². The Morgan fingerprint density at radius 2 is 1.84 bits per heavy atom. The summed E-state index contributed by atoms with van der Waals surface area (Å²) in [5.41, 5.74) is 1.68. The summed E-state index contributed by atoms with van der Waals surface area (Å²) < 4.78 is 36.3. The minimum atomic E-state index is -4.01. The van der Waals surface area contributed by atoms with Crippen molar-refractivity contribution >= 4 is 27.0 Å². The first-order chi connectivity index (χ1) is 18.1. The van der Waals surface area contributed by atoms with E-state index in [1.54, 1.807) is 23.6 Å². The number of rotatable bonds is 11. The van der Waals surface area contributed by atoms with Crippen LogP contribution in [-0.2, 0) is 16.4 Å². The zero-order chi connectivity index (χ0) is 27.4. The second-order valence-corrected chi connectivity index (χ2v) is 10.6. The van der Waals surface area contributed by atoms with Gasteiger partial charge in [-0.15, -0.1) is 5.10 Å². The van der Waals surface area contributed by atoms with Crippen LogP contribution in [0.3, 0.4) is 0 Å². The van der Waals surface area contributed by atoms with Gasteiger partial charge in [0.15, 0.2) is 17.1 Å². The van der Waals surface area contributed by atoms with Gasteiger partial charge >= 0.3 is 0 Å². The van der Waals surface area contributed by atoms with Gasteiger partial charge in [-0.1, -0.05) is 19.8 Å². The number of benzene rings is 2. The van der Waals surface area contributed by atoms with Crippen LogP contribution in [0.4, 0.5) is 5.69 Å². The van der Waals surface area contributed by atoms with Crippen molar-refractivity contribution in [3.05, 3.63) is 69.9 Å². The van der Waals surface area contributed by atoms with Gasteiger partial charge in [0.2, 0.25) is 0 Å². The third-order valence-corrected chi connectivity index (χ3v) is 7.49. The summed E-state index contributed by atoms with van der Waals surface area (Å²) in [6.45, 7) is 7.46. The molecule has 0 fully saturated rings. The Kier molecular flexibility index (Phi) is 7.96. The van der Waals surface area contributed by atoms with Gasteiger partial charge in [-0.3, -0.25) is 14.3 Å². The number of H-pyrrole nitrogens is 1. The van der Waals surface area contributed by atoms with Crippen LogP contribution >= 0.6 is 0 Å². The number of aromatic amines is 1. The number of anilines is 1. The molecule has 2 N–H and O–H groups in total. The van der Waals surface area contributed by atoms with Gasteiger partial charge < -0.3 is 9.72 Å². The Bertz CT molecular complexity index is 1640. The van der Waals surface area contributed by atoms with Crippen molar-refractivity contribution in [1.82, 2.24) is 19.6 Å². The lowest BCUT2D eigenvalue weighted by Gasteiger charge is -2.14. The third-order valence-electron chi connectivity index (χ3n) is 6.11. The molecule has 0 saturated carbocycles. The van der Waals surface area contributed by atoms with Crippen molar-refractivity contribution in [3.8, 4) is 17.1 Å². The van der Waals surface area contributed by atoms with Crippen molar-refractivity contribution in [2.75, 3.05) is 11.3 Å². The quantitative estimate of drug-likeness (QED) is 0.212. The number of hydrogen-bond acceptors (Lipinski definition) is 7. The lowest BCUT2D eigenvalue weighted by Crippen LogP contribution is -2.17. The van der Waals surface area contributed by atoms with Crippen molar-refractivity contribution in [2.45, 2.75) is 58.3 Å². The molecular formula is C27H31N5O5S. The van der Waals surface area contributed by atoms with Gasteiger partial charge in [0.1, 0.15) is 11.6 Å². The third kappa shape index (κ3) is 5.62. The first-order valence-corrected chi connectivity index (χ1v) is 14.0. The second-order valence-electron chi connectivity index (χ2n) is 8.96. The molecular weight excluding hydrogens is 506 g/mol. The van der Waals surface area contributed by atoms with E-state index in [4.69, 9.17) is 4.74 Å². The summed E-state index contributed by atoms with van der Waals surface area (Å²) in [6, 6.07) is 10.5. The molecule has 2 heterocycles. The SMILES string of the molecule is CCCCCc1nc(C)c2c(=O)[nH]c(-c3cc(S(=O)(=O)Nc4ccc(C(C)=O)cc4)ccc3OCC)nn12. The molecule has 0 bridgehead atoms. The van der Waals surface area contributed by atoms with Crippen LogP contribution in [0.15, 0.2) is 52.2 Å². The average Bonchev–Trinajstić information content (AvgIpc) is 3.20. The van der Waals surface area contributed by atoms with Crippen LogP contribution in [0, 0.1) is 6.92 Å². The van der Waals surface area contributed by atoms with Crippen molar-refractivity contribution in [2.24, 2.45) is 0 Å². The number of aromatic nitrogens is 4. The Morgan fingerprint density at radius 3 is 2.50 bits per heavy atom. The molecule has 4 rings (SSSR count). The minimum Gasteiger partial charge on any atom is -0.493 e. The summed E-state index contributed by atoms with van der Waals surface area (Å²) in [4.78, 5) is 31.9. The maximum Gasteiger partial charge on any atom is 0.277 e. The van der Waals surface area contributed by atoms with E-state index in [2.05, 4.69) is 26.7 Å². The van der Waals surface area contributed by atoms with Gasteiger partial charge in [0.25, 0.3) is 15.6 Å². The van der Waals surface area contributed by atoms with Crippen LogP contribution in [0.5, 0.6) is 5.75 Å². The van der Waals surface area contributed by atoms with Crippen LogP contribution in [0.2, 0.25) is 0 Å². The molecule has 11 heteroatoms. The van der Waals surface area contributed by atoms with E-state index in [9.17, 15) is 18.0 Å². The number of carbonyl (C=O) groups is 1. The Balaban J connectivity index is 1.78. The van der Waals surface area contributed by atoms with E-state index in [0.717, 1.165) is 19.3 Å². The van der Waals surface area contributed by atoms with Crippen LogP contribution in [0.25, 0.3) is 16.9 Å². The summed E-state index contributed by atoms with van der Waals surface area (Å²) in [5.74, 6) is 1.11. The van der Waals surface area contributed by atoms with E-state index in [0.29, 0.717) is 52.6 Å². The highest BCUT2D eigenvalue weighted by molar-refractivity contribution is 7.92. The Morgan fingerprint density at radius 1 is 1.11 bits per heavy atom. The number of Topliss-reactive ketones (excluding diaryl/α,β-unsaturated/α-hetero) is 1. The van der Waals surface area contributed by atoms with Gasteiger partial charge in [-0.25, -0.2) is 17.9 Å². The number of aryl methyl sites for hydroxylation is 2. The van der Waals surface area contributed by atoms with Crippen LogP contribution < -0.4 is 15.0 Å². The summed E-state index contributed by atoms with van der Waals surface area (Å²) in [5, 5.41) is 4.65. The number of fused-ring (bicyclic) bond motifs is 1. The number of nitrogens with one attached hydrogen (secondary N) is 2. The monoisotopic (exact) mass is 537 g/mol. The molecule has 0 aliphatic rings. The number of carbonyl (C=O) groups excluding carboxylic acids is 1. The average molecular weight is 538 g/mol. The fourth-order valence-corrected chi connectivity index (χ4v) is 5.27. The van der Waals surface area contributed by atoms with E-state index in [-0.39, 0.29) is 22.1 Å². The summed E-state index contributed by atoms with van der Waals surface area (Å²) in [6.07, 6.45) is 3.66. The molecule has 0 radical (unpaired) electrons. The first-order valence-electron chi connectivity index (χ1n) is 12.5. The van der Waals surface area contributed by atoms with E-state index >= 15 is 0 Å². The molecule has 2 aromatic carbocycles. The minimum absolute atomic E-state index is 0.0423. The molecule has 0 aliphatic carbocycles. The van der Waals surface area contributed by atoms with Crippen LogP contribution in [0.1, 0.15) is 61.9 Å². The molecule has 10 nitrogen and oxygen atoms in total. The van der Waals surface area contributed by atoms with E-state index in [1.807, 2.05) is 6.92 Å². The topological polar surface area (TPSA) is 136 Å². The first kappa shape index (κ1) is 27.1. The number of hydrogen-bond donors (Lipinski definition) is 2. The number of ether oxygens (including phenoxy) is 1. The molecule has 0 aliphatic heterocycles. The zero-order valence-electron chi connectivity index (χ0n) is 21.9. The lowest BCUT2D eigenvalue weighted by atomic mass is 10.1. The standard InChI is InChI=1S/C27H31N5O5S/c1-5-7-8-9-24-28-17(3)25-27(34)29-26(30-32(24)25)22-16-21(14-15-23(22)37-6-2)38(35,36)31-20-12-10-19(11-13-20)18(4)33/h10-16,31H,5-9H2,1-4H3,(H,29,30,34). The molecule has 2 aromatic heterocycles. The van der Waals surface area contributed by atoms with Crippen molar-refractivity contribution < 1.29 is 17.9 Å².